The number of hydrogen-bond acceptors (Lipinski definition) is 5. The Balaban J connectivity index is 1.15. The Morgan fingerprint density at radius 2 is 1.81 bits per heavy atom. The van der Waals surface area contributed by atoms with E-state index in [4.69, 9.17) is 0 Å². The van der Waals surface area contributed by atoms with Crippen molar-refractivity contribution in [1.82, 2.24) is 9.88 Å². The third kappa shape index (κ3) is 6.40. The predicted molar refractivity (Wildman–Crippen MR) is 113 cm³/mol. The minimum absolute atomic E-state index is 0.229. The molecule has 1 aromatic rings. The topological polar surface area (TPSA) is 36.4 Å². The highest BCUT2D eigenvalue weighted by molar-refractivity contribution is 7.15. The summed E-state index contributed by atoms with van der Waals surface area (Å²) in [7, 11) is 0. The molecule has 2 aliphatic heterocycles. The molecule has 0 aromatic carbocycles. The highest BCUT2D eigenvalue weighted by Crippen LogP contribution is 2.38. The van der Waals surface area contributed by atoms with E-state index in [9.17, 15) is 26.7 Å². The normalized spacial score (nSPS) is 26.0. The van der Waals surface area contributed by atoms with Gasteiger partial charge in [0.2, 0.25) is 0 Å². The van der Waals surface area contributed by atoms with Crippen LogP contribution in [0.5, 0.6) is 0 Å². The van der Waals surface area contributed by atoms with Gasteiger partial charge in [-0.3, -0.25) is 9.69 Å². The molecule has 0 unspecified atom stereocenters. The summed E-state index contributed by atoms with van der Waals surface area (Å²) in [4.78, 5) is 21.7. The first-order valence-corrected chi connectivity index (χ1v) is 12.3. The molecule has 3 heterocycles. The van der Waals surface area contributed by atoms with Crippen LogP contribution < -0.4 is 4.90 Å². The van der Waals surface area contributed by atoms with E-state index in [0.717, 1.165) is 63.9 Å². The van der Waals surface area contributed by atoms with Crippen LogP contribution in [0.3, 0.4) is 0 Å². The zero-order valence-corrected chi connectivity index (χ0v) is 18.9. The number of halogens is 5. The van der Waals surface area contributed by atoms with Gasteiger partial charge in [-0.1, -0.05) is 12.8 Å². The minimum atomic E-state index is -4.26. The molecular weight excluding hydrogens is 449 g/mol. The fourth-order valence-corrected chi connectivity index (χ4v) is 6.06. The van der Waals surface area contributed by atoms with Crippen molar-refractivity contribution in [2.45, 2.75) is 76.4 Å². The van der Waals surface area contributed by atoms with Crippen molar-refractivity contribution in [2.24, 2.45) is 11.8 Å². The molecule has 0 amide bonds. The summed E-state index contributed by atoms with van der Waals surface area (Å²) in [6, 6.07) is 0. The Labute approximate surface area is 189 Å². The summed E-state index contributed by atoms with van der Waals surface area (Å²) in [6.07, 6.45) is 0.497. The van der Waals surface area contributed by atoms with E-state index < -0.39 is 18.5 Å². The van der Waals surface area contributed by atoms with E-state index in [1.54, 1.807) is 16.2 Å². The van der Waals surface area contributed by atoms with Crippen molar-refractivity contribution in [3.8, 4) is 0 Å². The molecule has 0 N–H and O–H groups in total. The van der Waals surface area contributed by atoms with E-state index in [2.05, 4.69) is 9.88 Å². The first-order chi connectivity index (χ1) is 15.1. The Hall–Kier alpha value is -1.29. The molecule has 3 aliphatic rings. The molecule has 0 bridgehead atoms. The molecule has 1 aliphatic carbocycles. The SMILES string of the molecule is O=C(CCC(F)(F)F)CC1CCC(CCN2CCc3sc(N4CC(F)(F)C4)nc3C2)CC1. The smallest absolute Gasteiger partial charge is 0.336 e. The van der Waals surface area contributed by atoms with E-state index in [-0.39, 0.29) is 37.6 Å². The lowest BCUT2D eigenvalue weighted by atomic mass is 9.78. The number of ketones is 1. The van der Waals surface area contributed by atoms with Crippen LogP contribution >= 0.6 is 11.3 Å². The Kier molecular flexibility index (Phi) is 7.10. The number of rotatable bonds is 8. The Morgan fingerprint density at radius 1 is 1.12 bits per heavy atom. The van der Waals surface area contributed by atoms with E-state index in [1.165, 1.54) is 4.88 Å². The van der Waals surface area contributed by atoms with E-state index >= 15 is 0 Å². The second-order valence-electron chi connectivity index (χ2n) is 9.64. The van der Waals surface area contributed by atoms with Crippen LogP contribution in [-0.4, -0.2) is 53.9 Å². The summed E-state index contributed by atoms with van der Waals surface area (Å²) < 4.78 is 63.0. The fraction of sp³-hybridized carbons (Fsp3) is 0.818. The van der Waals surface area contributed by atoms with Crippen molar-refractivity contribution in [1.29, 1.82) is 0 Å². The van der Waals surface area contributed by atoms with Gasteiger partial charge < -0.3 is 4.90 Å². The first-order valence-electron chi connectivity index (χ1n) is 11.5. The number of anilines is 1. The summed E-state index contributed by atoms with van der Waals surface area (Å²) in [6.45, 7) is 2.21. The molecule has 4 rings (SSSR count). The third-order valence-corrected chi connectivity index (χ3v) is 8.15. The lowest BCUT2D eigenvalue weighted by molar-refractivity contribution is -0.143. The van der Waals surface area contributed by atoms with Crippen LogP contribution in [0.1, 0.15) is 61.9 Å². The van der Waals surface area contributed by atoms with Gasteiger partial charge in [0.25, 0.3) is 5.92 Å². The summed E-state index contributed by atoms with van der Waals surface area (Å²) in [5.41, 5.74) is 1.02. The average molecular weight is 480 g/mol. The number of nitrogens with zero attached hydrogens (tertiary/aromatic N) is 3. The van der Waals surface area contributed by atoms with Gasteiger partial charge in [-0.05, 0) is 44.1 Å². The van der Waals surface area contributed by atoms with Crippen molar-refractivity contribution in [3.63, 3.8) is 0 Å². The van der Waals surface area contributed by atoms with E-state index in [1.807, 2.05) is 0 Å². The number of thiazole rings is 1. The van der Waals surface area contributed by atoms with Crippen LogP contribution in [-0.2, 0) is 17.8 Å². The summed E-state index contributed by atoms with van der Waals surface area (Å²) >= 11 is 1.54. The molecule has 0 atom stereocenters. The molecule has 0 spiro atoms. The maximum absolute atomic E-state index is 13.1. The van der Waals surface area contributed by atoms with Crippen molar-refractivity contribution >= 4 is 22.3 Å². The van der Waals surface area contributed by atoms with Crippen LogP contribution in [0.4, 0.5) is 27.1 Å². The lowest BCUT2D eigenvalue weighted by Crippen LogP contribution is -2.56. The molecule has 0 radical (unpaired) electrons. The number of alkyl halides is 5. The zero-order chi connectivity index (χ0) is 22.9. The molecular formula is C22H30F5N3OS. The molecule has 1 saturated heterocycles. The number of Topliss-reactive ketones (excluding diaryl/α,β-unsaturated/α-hetero) is 1. The number of fused-ring (bicyclic) bond motifs is 1. The maximum Gasteiger partial charge on any atom is 0.389 e. The first kappa shape index (κ1) is 23.9. The van der Waals surface area contributed by atoms with Gasteiger partial charge >= 0.3 is 6.18 Å². The van der Waals surface area contributed by atoms with Gasteiger partial charge in [0.15, 0.2) is 5.13 Å². The van der Waals surface area contributed by atoms with Gasteiger partial charge in [0.05, 0.1) is 25.2 Å². The minimum Gasteiger partial charge on any atom is -0.336 e. The van der Waals surface area contributed by atoms with Crippen LogP contribution in [0.15, 0.2) is 0 Å². The van der Waals surface area contributed by atoms with E-state index in [0.29, 0.717) is 11.0 Å². The molecule has 10 heteroatoms. The van der Waals surface area contributed by atoms with Gasteiger partial charge in [-0.25, -0.2) is 13.8 Å². The second kappa shape index (κ2) is 9.52. The quantitative estimate of drug-likeness (QED) is 0.465. The number of carbonyl (C=O) groups is 1. The molecule has 1 saturated carbocycles. The lowest BCUT2D eigenvalue weighted by Gasteiger charge is -2.38. The monoisotopic (exact) mass is 479 g/mol. The number of aromatic nitrogens is 1. The number of carbonyl (C=O) groups excluding carboxylic acids is 1. The average Bonchev–Trinajstić information content (AvgIpc) is 3.12. The van der Waals surface area contributed by atoms with Gasteiger partial charge in [-0.15, -0.1) is 11.3 Å². The summed E-state index contributed by atoms with van der Waals surface area (Å²) in [5, 5.41) is 0.714. The van der Waals surface area contributed by atoms with Crippen LogP contribution in [0.2, 0.25) is 0 Å². The maximum atomic E-state index is 13.1. The summed E-state index contributed by atoms with van der Waals surface area (Å²) in [5.74, 6) is -2.04. The second-order valence-corrected chi connectivity index (χ2v) is 10.7. The van der Waals surface area contributed by atoms with Gasteiger partial charge in [0.1, 0.15) is 5.78 Å². The molecule has 32 heavy (non-hydrogen) atoms. The molecule has 1 aromatic heterocycles. The molecule has 4 nitrogen and oxygen atoms in total. The highest BCUT2D eigenvalue weighted by atomic mass is 32.1. The van der Waals surface area contributed by atoms with Crippen molar-refractivity contribution in [2.75, 3.05) is 31.1 Å². The molecule has 2 fully saturated rings. The van der Waals surface area contributed by atoms with Crippen molar-refractivity contribution in [3.05, 3.63) is 10.6 Å². The number of hydrogen-bond donors (Lipinski definition) is 0. The third-order valence-electron chi connectivity index (χ3n) is 6.93. The fourth-order valence-electron chi connectivity index (χ4n) is 5.01. The van der Waals surface area contributed by atoms with Gasteiger partial charge in [-0.2, -0.15) is 13.2 Å². The highest BCUT2D eigenvalue weighted by Gasteiger charge is 2.45. The largest absolute Gasteiger partial charge is 0.389 e. The molecule has 180 valence electrons. The Morgan fingerprint density at radius 3 is 2.47 bits per heavy atom. The standard InChI is InChI=1S/C22H30F5N3OS/c23-21(24)13-30(14-21)20-28-18-12-29(10-7-19(18)32-20)9-6-15-1-3-16(4-2-15)11-17(31)5-8-22(25,26)27/h15-16H,1-14H2. The van der Waals surface area contributed by atoms with Crippen LogP contribution in [0.25, 0.3) is 0 Å². The van der Waals surface area contributed by atoms with Crippen molar-refractivity contribution < 1.29 is 26.7 Å². The predicted octanol–water partition coefficient (Wildman–Crippen LogP) is 5.45. The van der Waals surface area contributed by atoms with Gasteiger partial charge in [0, 0.05) is 30.8 Å². The Bertz CT molecular complexity index is 796. The van der Waals surface area contributed by atoms with Crippen LogP contribution in [0, 0.1) is 11.8 Å². The zero-order valence-electron chi connectivity index (χ0n) is 18.1.